The van der Waals surface area contributed by atoms with Crippen molar-refractivity contribution in [2.45, 2.75) is 26.7 Å². The number of hydrogen-bond acceptors (Lipinski definition) is 1. The fourth-order valence-electron chi connectivity index (χ4n) is 0.750. The van der Waals surface area contributed by atoms with Crippen molar-refractivity contribution in [2.75, 3.05) is 17.4 Å². The molecule has 0 aliphatic heterocycles. The van der Waals surface area contributed by atoms with E-state index in [1.807, 2.05) is 11.8 Å². The topological polar surface area (TPSA) is 0 Å². The molecule has 0 atom stereocenters. The molecule has 0 aliphatic rings. The number of halogens is 1. The van der Waals surface area contributed by atoms with Crippen molar-refractivity contribution in [3.8, 4) is 0 Å². The van der Waals surface area contributed by atoms with Crippen LogP contribution in [0.5, 0.6) is 0 Å². The average Bonchev–Trinajstić information content (AvgIpc) is 1.87. The van der Waals surface area contributed by atoms with Crippen molar-refractivity contribution in [1.29, 1.82) is 0 Å². The zero-order valence-electron chi connectivity index (χ0n) is 6.90. The van der Waals surface area contributed by atoms with E-state index >= 15 is 0 Å². The van der Waals surface area contributed by atoms with Crippen molar-refractivity contribution in [2.24, 2.45) is 5.92 Å². The van der Waals surface area contributed by atoms with E-state index in [1.165, 1.54) is 18.6 Å². The van der Waals surface area contributed by atoms with E-state index in [1.54, 1.807) is 0 Å². The monoisotopic (exact) mass is 180 g/mol. The molecule has 0 aromatic heterocycles. The minimum absolute atomic E-state index is 0.798. The van der Waals surface area contributed by atoms with Gasteiger partial charge in [0.2, 0.25) is 0 Å². The summed E-state index contributed by atoms with van der Waals surface area (Å²) in [6.45, 7) is 4.54. The quantitative estimate of drug-likeness (QED) is 0.446. The van der Waals surface area contributed by atoms with E-state index < -0.39 is 0 Å². The van der Waals surface area contributed by atoms with E-state index in [0.29, 0.717) is 0 Å². The highest BCUT2D eigenvalue weighted by Crippen LogP contribution is 2.09. The second-order valence-electron chi connectivity index (χ2n) is 2.84. The van der Waals surface area contributed by atoms with Crippen LogP contribution in [0.15, 0.2) is 0 Å². The Morgan fingerprint density at radius 2 is 2.00 bits per heavy atom. The highest BCUT2D eigenvalue weighted by molar-refractivity contribution is 7.99. The maximum Gasteiger partial charge on any atom is 0.0314 e. The smallest absolute Gasteiger partial charge is 0.0314 e. The molecular weight excluding hydrogens is 164 g/mol. The van der Waals surface area contributed by atoms with Gasteiger partial charge in [0.25, 0.3) is 0 Å². The average molecular weight is 181 g/mol. The van der Waals surface area contributed by atoms with Crippen LogP contribution in [0.1, 0.15) is 26.7 Å². The number of rotatable bonds is 6. The number of hydrogen-bond donors (Lipinski definition) is 0. The van der Waals surface area contributed by atoms with Gasteiger partial charge in [-0.05, 0) is 18.1 Å². The van der Waals surface area contributed by atoms with E-state index in [4.69, 9.17) is 11.6 Å². The van der Waals surface area contributed by atoms with E-state index in [0.717, 1.165) is 17.6 Å². The van der Waals surface area contributed by atoms with Gasteiger partial charge in [0.1, 0.15) is 0 Å². The van der Waals surface area contributed by atoms with Gasteiger partial charge in [-0.15, -0.1) is 11.6 Å². The minimum atomic E-state index is 0.798. The van der Waals surface area contributed by atoms with Crippen LogP contribution in [-0.4, -0.2) is 17.4 Å². The molecule has 0 heterocycles. The summed E-state index contributed by atoms with van der Waals surface area (Å²) in [5.41, 5.74) is 0. The standard InChI is InChI=1S/C8H17ClS/c1-8(2)4-3-6-10-7-5-9/h8H,3-7H2,1-2H3. The molecule has 0 saturated carbocycles. The Kier molecular flexibility index (Phi) is 8.24. The second kappa shape index (κ2) is 7.74. The molecule has 0 aromatic rings. The highest BCUT2D eigenvalue weighted by Gasteiger charge is 1.93. The minimum Gasteiger partial charge on any atom is -0.161 e. The second-order valence-corrected chi connectivity index (χ2v) is 4.44. The predicted molar refractivity (Wildman–Crippen MR) is 52.1 cm³/mol. The molecule has 0 fully saturated rings. The van der Waals surface area contributed by atoms with Crippen LogP contribution in [0.3, 0.4) is 0 Å². The largest absolute Gasteiger partial charge is 0.161 e. The fourth-order valence-corrected chi connectivity index (χ4v) is 1.76. The van der Waals surface area contributed by atoms with Gasteiger partial charge >= 0.3 is 0 Å². The number of thioether (sulfide) groups is 1. The predicted octanol–water partition coefficient (Wildman–Crippen LogP) is 3.39. The molecule has 0 amide bonds. The molecule has 0 nitrogen and oxygen atoms in total. The summed E-state index contributed by atoms with van der Waals surface area (Å²) >= 11 is 7.49. The summed E-state index contributed by atoms with van der Waals surface area (Å²) < 4.78 is 0. The normalized spacial score (nSPS) is 10.8. The van der Waals surface area contributed by atoms with E-state index in [2.05, 4.69) is 13.8 Å². The Morgan fingerprint density at radius 3 is 2.50 bits per heavy atom. The highest BCUT2D eigenvalue weighted by atomic mass is 35.5. The lowest BCUT2D eigenvalue weighted by Crippen LogP contribution is -1.90. The van der Waals surface area contributed by atoms with Crippen LogP contribution < -0.4 is 0 Å². The molecule has 0 aromatic carbocycles. The van der Waals surface area contributed by atoms with Gasteiger partial charge in [0.15, 0.2) is 0 Å². The SMILES string of the molecule is CC(C)CCCSCCCl. The lowest BCUT2D eigenvalue weighted by atomic mass is 10.1. The van der Waals surface area contributed by atoms with Crippen molar-refractivity contribution in [3.63, 3.8) is 0 Å². The van der Waals surface area contributed by atoms with Crippen molar-refractivity contribution < 1.29 is 0 Å². The first-order chi connectivity index (χ1) is 4.77. The maximum absolute atomic E-state index is 5.52. The number of alkyl halides is 1. The van der Waals surface area contributed by atoms with Crippen LogP contribution in [0, 0.1) is 5.92 Å². The maximum atomic E-state index is 5.52. The van der Waals surface area contributed by atoms with Crippen molar-refractivity contribution >= 4 is 23.4 Å². The van der Waals surface area contributed by atoms with Gasteiger partial charge in [-0.25, -0.2) is 0 Å². The van der Waals surface area contributed by atoms with Crippen LogP contribution >= 0.6 is 23.4 Å². The third kappa shape index (κ3) is 8.64. The Morgan fingerprint density at radius 1 is 1.30 bits per heavy atom. The summed E-state index contributed by atoms with van der Waals surface area (Å²) in [5.74, 6) is 4.05. The van der Waals surface area contributed by atoms with E-state index in [9.17, 15) is 0 Å². The first-order valence-corrected chi connectivity index (χ1v) is 5.60. The Labute approximate surface area is 73.7 Å². The molecule has 62 valence electrons. The molecule has 0 aliphatic carbocycles. The summed E-state index contributed by atoms with van der Waals surface area (Å²) in [5, 5.41) is 0. The van der Waals surface area contributed by atoms with Crippen LogP contribution in [-0.2, 0) is 0 Å². The van der Waals surface area contributed by atoms with Gasteiger partial charge in [-0.1, -0.05) is 20.3 Å². The van der Waals surface area contributed by atoms with Crippen LogP contribution in [0.2, 0.25) is 0 Å². The van der Waals surface area contributed by atoms with Crippen molar-refractivity contribution in [3.05, 3.63) is 0 Å². The van der Waals surface area contributed by atoms with E-state index in [-0.39, 0.29) is 0 Å². The summed E-state index contributed by atoms with van der Waals surface area (Å²) in [6.07, 6.45) is 2.70. The fraction of sp³-hybridized carbons (Fsp3) is 1.00. The molecule has 0 saturated heterocycles. The van der Waals surface area contributed by atoms with Crippen molar-refractivity contribution in [1.82, 2.24) is 0 Å². The Bertz CT molecular complexity index is 64.3. The Balaban J connectivity index is 2.77. The zero-order valence-corrected chi connectivity index (χ0v) is 8.47. The summed E-state index contributed by atoms with van der Waals surface area (Å²) in [6, 6.07) is 0. The molecule has 0 unspecified atom stereocenters. The van der Waals surface area contributed by atoms with Gasteiger partial charge in [0, 0.05) is 11.6 Å². The molecule has 2 heteroatoms. The summed E-state index contributed by atoms with van der Waals surface area (Å²) in [4.78, 5) is 0. The zero-order chi connectivity index (χ0) is 7.82. The van der Waals surface area contributed by atoms with Gasteiger partial charge in [-0.2, -0.15) is 11.8 Å². The first-order valence-electron chi connectivity index (χ1n) is 3.91. The van der Waals surface area contributed by atoms with Gasteiger partial charge in [0.05, 0.1) is 0 Å². The van der Waals surface area contributed by atoms with Gasteiger partial charge in [-0.3, -0.25) is 0 Å². The lowest BCUT2D eigenvalue weighted by molar-refractivity contribution is 0.579. The third-order valence-electron chi connectivity index (χ3n) is 1.29. The van der Waals surface area contributed by atoms with Gasteiger partial charge < -0.3 is 0 Å². The van der Waals surface area contributed by atoms with Crippen LogP contribution in [0.25, 0.3) is 0 Å². The molecule has 0 N–H and O–H groups in total. The molecule has 0 rings (SSSR count). The lowest BCUT2D eigenvalue weighted by Gasteiger charge is -2.02. The molecule has 0 bridgehead atoms. The summed E-state index contributed by atoms with van der Waals surface area (Å²) in [7, 11) is 0. The molecule has 0 spiro atoms. The molecule has 0 radical (unpaired) electrons. The Hall–Kier alpha value is 0.640. The van der Waals surface area contributed by atoms with Crippen LogP contribution in [0.4, 0.5) is 0 Å². The molecule has 10 heavy (non-hydrogen) atoms. The molecular formula is C8H17ClS. The third-order valence-corrected chi connectivity index (χ3v) is 2.77. The first kappa shape index (κ1) is 10.6.